The number of amides is 2. The Morgan fingerprint density at radius 1 is 1.30 bits per heavy atom. The third-order valence-electron chi connectivity index (χ3n) is 4.72. The molecule has 0 unspecified atom stereocenters. The maximum Gasteiger partial charge on any atom is 0.300 e. The number of nitrogens with zero attached hydrogens (tertiary/aromatic N) is 3. The minimum atomic E-state index is -0.866. The van der Waals surface area contributed by atoms with Crippen molar-refractivity contribution in [3.05, 3.63) is 35.9 Å². The number of carboxylic acid groups (broad SMARTS) is 1. The Labute approximate surface area is 191 Å². The number of carbonyl (C=O) groups excluding carboxylic acids is 2. The summed E-state index contributed by atoms with van der Waals surface area (Å²) in [4.78, 5) is 33.7. The molecule has 12 heteroatoms. The molecule has 3 rings (SSSR count). The van der Waals surface area contributed by atoms with Crippen LogP contribution in [0.25, 0.3) is 0 Å². The molecule has 1 aromatic heterocycles. The Balaban J connectivity index is 0.000000890. The molecule has 1 aromatic carbocycles. The van der Waals surface area contributed by atoms with Crippen LogP contribution in [0.5, 0.6) is 11.5 Å². The second-order valence-corrected chi connectivity index (χ2v) is 6.98. The Morgan fingerprint density at radius 2 is 2.00 bits per heavy atom. The fourth-order valence-electron chi connectivity index (χ4n) is 3.22. The maximum absolute atomic E-state index is 12.8. The summed E-state index contributed by atoms with van der Waals surface area (Å²) < 4.78 is 18.0. The molecule has 1 aliphatic heterocycles. The molecule has 12 nitrogen and oxygen atoms in total. The number of ether oxygens (including phenoxy) is 3. The van der Waals surface area contributed by atoms with Gasteiger partial charge in [0.15, 0.2) is 17.6 Å². The molecule has 2 atom stereocenters. The number of nitrogens with one attached hydrogen (secondary N) is 2. The highest BCUT2D eigenvalue weighted by Crippen LogP contribution is 2.32. The van der Waals surface area contributed by atoms with Crippen molar-refractivity contribution in [1.82, 2.24) is 25.4 Å². The zero-order chi connectivity index (χ0) is 24.4. The second-order valence-electron chi connectivity index (χ2n) is 6.98. The zero-order valence-corrected chi connectivity index (χ0v) is 19.0. The molecule has 2 amide bonds. The topological polar surface area (TPSA) is 154 Å². The van der Waals surface area contributed by atoms with Crippen LogP contribution in [0.1, 0.15) is 31.3 Å². The van der Waals surface area contributed by atoms with Crippen molar-refractivity contribution in [3.63, 3.8) is 0 Å². The Kier molecular flexibility index (Phi) is 9.61. The summed E-state index contributed by atoms with van der Waals surface area (Å²) in [7, 11) is 3.06. The summed E-state index contributed by atoms with van der Waals surface area (Å²) in [5.41, 5.74) is 0.682. The molecule has 0 spiro atoms. The first-order chi connectivity index (χ1) is 15.8. The van der Waals surface area contributed by atoms with Gasteiger partial charge < -0.3 is 34.5 Å². The second kappa shape index (κ2) is 12.4. The molecular formula is C21H29N5O7. The number of aliphatic carboxylic acids is 1. The SMILES string of the molecule is CC(=O)O.CCn1cnnc1CCNC(=O)[C@H]1OCC(=O)N[C@@H]1c1ccc(OC)c(OC)c1. The van der Waals surface area contributed by atoms with E-state index in [2.05, 4.69) is 20.8 Å². The first-order valence-electron chi connectivity index (χ1n) is 10.3. The van der Waals surface area contributed by atoms with Crippen LogP contribution in [-0.4, -0.2) is 71.1 Å². The van der Waals surface area contributed by atoms with E-state index in [1.54, 1.807) is 31.6 Å². The number of morpholine rings is 1. The normalized spacial score (nSPS) is 17.3. The van der Waals surface area contributed by atoms with Gasteiger partial charge in [-0.05, 0) is 24.6 Å². The molecule has 0 radical (unpaired) electrons. The van der Waals surface area contributed by atoms with Gasteiger partial charge in [-0.1, -0.05) is 6.07 Å². The van der Waals surface area contributed by atoms with Gasteiger partial charge in [-0.15, -0.1) is 10.2 Å². The van der Waals surface area contributed by atoms with Crippen LogP contribution < -0.4 is 20.1 Å². The van der Waals surface area contributed by atoms with Crippen LogP contribution in [0.4, 0.5) is 0 Å². The summed E-state index contributed by atoms with van der Waals surface area (Å²) in [6.45, 7) is 4.04. The first-order valence-corrected chi connectivity index (χ1v) is 10.3. The number of carbonyl (C=O) groups is 3. The van der Waals surface area contributed by atoms with Gasteiger partial charge >= 0.3 is 0 Å². The molecule has 0 bridgehead atoms. The molecule has 1 saturated heterocycles. The number of carboxylic acids is 1. The van der Waals surface area contributed by atoms with E-state index in [4.69, 9.17) is 24.1 Å². The minimum absolute atomic E-state index is 0.175. The summed E-state index contributed by atoms with van der Waals surface area (Å²) in [5, 5.41) is 21.0. The standard InChI is InChI=1S/C19H25N5O5.C2H4O2/c1-4-24-11-21-23-15(24)7-8-20-19(26)18-17(22-16(25)10-29-18)12-5-6-13(27-2)14(9-12)28-3;1-2(3)4/h5-6,9,11,17-18H,4,7-8,10H2,1-3H3,(H,20,26)(H,22,25);1H3,(H,3,4)/t17-,18+;/m1./s1. The smallest absolute Gasteiger partial charge is 0.300 e. The van der Waals surface area contributed by atoms with Gasteiger partial charge in [0.1, 0.15) is 18.8 Å². The Bertz CT molecular complexity index is 958. The average molecular weight is 463 g/mol. The summed E-state index contributed by atoms with van der Waals surface area (Å²) in [6.07, 6.45) is 1.33. The molecule has 2 aromatic rings. The Morgan fingerprint density at radius 3 is 2.64 bits per heavy atom. The van der Waals surface area contributed by atoms with Gasteiger partial charge in [0, 0.05) is 26.4 Å². The number of benzene rings is 1. The molecule has 180 valence electrons. The molecule has 0 saturated carbocycles. The summed E-state index contributed by atoms with van der Waals surface area (Å²) in [5.74, 6) is 0.419. The molecule has 0 aliphatic carbocycles. The van der Waals surface area contributed by atoms with Crippen molar-refractivity contribution >= 4 is 17.8 Å². The fourth-order valence-corrected chi connectivity index (χ4v) is 3.22. The highest BCUT2D eigenvalue weighted by molar-refractivity contribution is 5.86. The van der Waals surface area contributed by atoms with Gasteiger partial charge in [-0.3, -0.25) is 14.4 Å². The maximum atomic E-state index is 12.8. The van der Waals surface area contributed by atoms with E-state index in [1.807, 2.05) is 11.5 Å². The van der Waals surface area contributed by atoms with E-state index in [1.165, 1.54) is 7.11 Å². The lowest BCUT2D eigenvalue weighted by atomic mass is 9.98. The Hall–Kier alpha value is -3.67. The number of rotatable bonds is 8. The van der Waals surface area contributed by atoms with Gasteiger partial charge in [0.25, 0.3) is 11.9 Å². The van der Waals surface area contributed by atoms with Gasteiger partial charge in [-0.25, -0.2) is 0 Å². The number of aryl methyl sites for hydroxylation is 1. The van der Waals surface area contributed by atoms with E-state index in [-0.39, 0.29) is 18.4 Å². The molecule has 2 heterocycles. The third kappa shape index (κ3) is 7.17. The highest BCUT2D eigenvalue weighted by atomic mass is 16.5. The summed E-state index contributed by atoms with van der Waals surface area (Å²) in [6, 6.07) is 4.57. The highest BCUT2D eigenvalue weighted by Gasteiger charge is 2.36. The van der Waals surface area contributed by atoms with Crippen molar-refractivity contribution in [2.45, 2.75) is 39.0 Å². The van der Waals surface area contributed by atoms with Crippen LogP contribution in [0.15, 0.2) is 24.5 Å². The van der Waals surface area contributed by atoms with Crippen LogP contribution >= 0.6 is 0 Å². The quantitative estimate of drug-likeness (QED) is 0.502. The largest absolute Gasteiger partial charge is 0.493 e. The number of hydrogen-bond acceptors (Lipinski definition) is 8. The van der Waals surface area contributed by atoms with E-state index in [0.717, 1.165) is 19.3 Å². The van der Waals surface area contributed by atoms with E-state index in [0.29, 0.717) is 30.0 Å². The predicted octanol–water partition coefficient (Wildman–Crippen LogP) is 0.321. The van der Waals surface area contributed by atoms with E-state index < -0.39 is 18.1 Å². The third-order valence-corrected chi connectivity index (χ3v) is 4.72. The molecule has 33 heavy (non-hydrogen) atoms. The van der Waals surface area contributed by atoms with Crippen LogP contribution in [0, 0.1) is 0 Å². The molecule has 1 fully saturated rings. The number of aromatic nitrogens is 3. The van der Waals surface area contributed by atoms with Crippen LogP contribution in [0.2, 0.25) is 0 Å². The lowest BCUT2D eigenvalue weighted by Crippen LogP contribution is -2.52. The van der Waals surface area contributed by atoms with Crippen LogP contribution in [-0.2, 0) is 32.1 Å². The molecular weight excluding hydrogens is 434 g/mol. The van der Waals surface area contributed by atoms with Gasteiger partial charge in [-0.2, -0.15) is 0 Å². The van der Waals surface area contributed by atoms with Crippen LogP contribution in [0.3, 0.4) is 0 Å². The van der Waals surface area contributed by atoms with E-state index in [9.17, 15) is 9.59 Å². The monoisotopic (exact) mass is 463 g/mol. The number of methoxy groups -OCH3 is 2. The molecule has 1 aliphatic rings. The van der Waals surface area contributed by atoms with Crippen molar-refractivity contribution in [2.24, 2.45) is 0 Å². The zero-order valence-electron chi connectivity index (χ0n) is 19.0. The number of hydrogen-bond donors (Lipinski definition) is 3. The average Bonchev–Trinajstić information content (AvgIpc) is 3.25. The predicted molar refractivity (Wildman–Crippen MR) is 116 cm³/mol. The van der Waals surface area contributed by atoms with Gasteiger partial charge in [0.2, 0.25) is 5.91 Å². The minimum Gasteiger partial charge on any atom is -0.493 e. The summed E-state index contributed by atoms with van der Waals surface area (Å²) >= 11 is 0. The molecule has 3 N–H and O–H groups in total. The van der Waals surface area contributed by atoms with Crippen molar-refractivity contribution in [3.8, 4) is 11.5 Å². The lowest BCUT2D eigenvalue weighted by molar-refractivity contribution is -0.148. The lowest BCUT2D eigenvalue weighted by Gasteiger charge is -2.32. The van der Waals surface area contributed by atoms with Gasteiger partial charge in [0.05, 0.1) is 20.3 Å². The van der Waals surface area contributed by atoms with E-state index >= 15 is 0 Å². The fraction of sp³-hybridized carbons (Fsp3) is 0.476. The van der Waals surface area contributed by atoms with Crippen molar-refractivity contribution < 1.29 is 33.7 Å². The van der Waals surface area contributed by atoms with Crippen molar-refractivity contribution in [1.29, 1.82) is 0 Å². The van der Waals surface area contributed by atoms with Crippen molar-refractivity contribution in [2.75, 3.05) is 27.4 Å². The first kappa shape index (κ1) is 25.6.